The molecule has 2 atom stereocenters. The highest BCUT2D eigenvalue weighted by atomic mass is 32.1. The molecular formula is C26H38N2O7S. The van der Waals surface area contributed by atoms with E-state index in [-0.39, 0.29) is 18.9 Å². The number of hydrogen-bond acceptors (Lipinski definition) is 6. The topological polar surface area (TPSA) is 133 Å². The number of ether oxygens (including phenoxy) is 1. The molecule has 0 aliphatic carbocycles. The summed E-state index contributed by atoms with van der Waals surface area (Å²) in [5.41, 5.74) is 0.516. The molecule has 1 aromatic rings. The van der Waals surface area contributed by atoms with Crippen LogP contribution in [0.5, 0.6) is 5.75 Å². The van der Waals surface area contributed by atoms with E-state index in [2.05, 4.69) is 24.2 Å². The molecule has 2 rings (SSSR count). The zero-order chi connectivity index (χ0) is 26.2. The van der Waals surface area contributed by atoms with E-state index < -0.39 is 47.8 Å². The first kappa shape index (κ1) is 31.2. The molecule has 1 saturated heterocycles. The first-order valence-corrected chi connectivity index (χ1v) is 11.9. The highest BCUT2D eigenvalue weighted by molar-refractivity contribution is 7.59. The maximum Gasteiger partial charge on any atom is 0.332 e. The van der Waals surface area contributed by atoms with E-state index in [1.807, 2.05) is 18.2 Å². The van der Waals surface area contributed by atoms with Gasteiger partial charge in [0.15, 0.2) is 0 Å². The molecule has 0 aromatic heterocycles. The summed E-state index contributed by atoms with van der Waals surface area (Å²) in [6.45, 7) is 7.32. The Bertz CT molecular complexity index is 979. The summed E-state index contributed by atoms with van der Waals surface area (Å²) in [6.07, 6.45) is 4.29. The van der Waals surface area contributed by atoms with Crippen molar-refractivity contribution < 1.29 is 34.1 Å². The zero-order valence-electron chi connectivity index (χ0n) is 21.4. The van der Waals surface area contributed by atoms with Crippen LogP contribution in [-0.2, 0) is 24.6 Å². The highest BCUT2D eigenvalue weighted by Crippen LogP contribution is 2.37. The van der Waals surface area contributed by atoms with Gasteiger partial charge in [0.25, 0.3) is 0 Å². The van der Waals surface area contributed by atoms with Gasteiger partial charge in [-0.25, -0.2) is 9.59 Å². The van der Waals surface area contributed by atoms with Gasteiger partial charge in [-0.1, -0.05) is 39.3 Å². The quantitative estimate of drug-likeness (QED) is 0.243. The zero-order valence-corrected chi connectivity index (χ0v) is 22.4. The van der Waals surface area contributed by atoms with E-state index in [0.29, 0.717) is 5.75 Å². The number of likely N-dealkylation sites (N-methyl/N-ethyl adjacent to an activating group) is 1. The van der Waals surface area contributed by atoms with E-state index in [1.54, 1.807) is 19.9 Å². The number of hydrogen-bond donors (Lipinski definition) is 3. The number of nitrogens with zero attached hydrogens (tertiary/aromatic N) is 1. The van der Waals surface area contributed by atoms with Gasteiger partial charge in [-0.2, -0.15) is 13.5 Å². The molecule has 1 fully saturated rings. The van der Waals surface area contributed by atoms with Crippen LogP contribution >= 0.6 is 13.5 Å². The Balaban J connectivity index is 0.00000648. The van der Waals surface area contributed by atoms with E-state index in [4.69, 9.17) is 4.74 Å². The first-order valence-electron chi connectivity index (χ1n) is 11.9. The standard InChI is InChI=1S/C26H36N2O7.H2S/c1-5-26(11-6-7-12-28(4)16-26)19-9-8-10-20(15-19)35-22(30)14-18(24(31)32)13-21(29)27-23(17(2)3)25(33)34;/h8-10,13,15,17,23H,5-7,11-12,14,16H2,1-4H3,(H,27,29)(H,31,32)(H,33,34);1H2/b18-13-;/t23-,26?;/m0./s1. The fourth-order valence-electron chi connectivity index (χ4n) is 4.52. The number of aliphatic carboxylic acids is 2. The number of benzene rings is 1. The Morgan fingerprint density at radius 2 is 1.89 bits per heavy atom. The predicted octanol–water partition coefficient (Wildman–Crippen LogP) is 3.09. The van der Waals surface area contributed by atoms with Crippen LogP contribution in [-0.4, -0.2) is 65.1 Å². The van der Waals surface area contributed by atoms with Crippen molar-refractivity contribution in [2.75, 3.05) is 20.1 Å². The van der Waals surface area contributed by atoms with Crippen molar-refractivity contribution in [2.24, 2.45) is 5.92 Å². The van der Waals surface area contributed by atoms with Crippen molar-refractivity contribution in [1.82, 2.24) is 10.2 Å². The molecule has 200 valence electrons. The summed E-state index contributed by atoms with van der Waals surface area (Å²) in [5.74, 6) is -4.52. The average molecular weight is 523 g/mol. The Kier molecular flexibility index (Phi) is 12.2. The number of carbonyl (C=O) groups is 4. The molecule has 0 saturated carbocycles. The normalized spacial score (nSPS) is 19.5. The average Bonchev–Trinajstić information content (AvgIpc) is 2.98. The Morgan fingerprint density at radius 3 is 2.47 bits per heavy atom. The second kappa shape index (κ2) is 14.0. The molecule has 1 aliphatic rings. The number of carboxylic acid groups (broad SMARTS) is 2. The van der Waals surface area contributed by atoms with Crippen molar-refractivity contribution in [3.8, 4) is 5.75 Å². The first-order chi connectivity index (χ1) is 16.5. The molecule has 36 heavy (non-hydrogen) atoms. The minimum atomic E-state index is -1.46. The van der Waals surface area contributed by atoms with Crippen LogP contribution in [0.25, 0.3) is 0 Å². The number of likely N-dealkylation sites (tertiary alicyclic amines) is 1. The molecule has 9 nitrogen and oxygen atoms in total. The minimum absolute atomic E-state index is 0. The van der Waals surface area contributed by atoms with Crippen LogP contribution in [0.4, 0.5) is 0 Å². The van der Waals surface area contributed by atoms with Crippen LogP contribution < -0.4 is 10.1 Å². The van der Waals surface area contributed by atoms with Crippen molar-refractivity contribution in [3.63, 3.8) is 0 Å². The molecule has 0 spiro atoms. The second-order valence-electron chi connectivity index (χ2n) is 9.55. The van der Waals surface area contributed by atoms with Crippen molar-refractivity contribution in [1.29, 1.82) is 0 Å². The van der Waals surface area contributed by atoms with Gasteiger partial charge in [-0.15, -0.1) is 0 Å². The van der Waals surface area contributed by atoms with Gasteiger partial charge in [0.2, 0.25) is 5.91 Å². The SMILES string of the molecule is CCC1(c2cccc(OC(=O)C/C(=C/C(=O)N[C@H](C(=O)O)C(C)C)C(=O)O)c2)CCCCN(C)C1.S. The summed E-state index contributed by atoms with van der Waals surface area (Å²) < 4.78 is 5.43. The molecule has 1 aromatic carbocycles. The third-order valence-corrected chi connectivity index (χ3v) is 6.52. The lowest BCUT2D eigenvalue weighted by molar-refractivity contribution is -0.142. The van der Waals surface area contributed by atoms with Crippen LogP contribution in [0.15, 0.2) is 35.9 Å². The van der Waals surface area contributed by atoms with Crippen molar-refractivity contribution in [2.45, 2.75) is 64.3 Å². The molecule has 10 heteroatoms. The molecular weight excluding hydrogens is 484 g/mol. The smallest absolute Gasteiger partial charge is 0.332 e. The van der Waals surface area contributed by atoms with Crippen LogP contribution in [0, 0.1) is 5.92 Å². The number of rotatable bonds is 10. The summed E-state index contributed by atoms with van der Waals surface area (Å²) in [6, 6.07) is 6.14. The van der Waals surface area contributed by atoms with Crippen molar-refractivity contribution >= 4 is 37.3 Å². The third kappa shape index (κ3) is 8.67. The van der Waals surface area contributed by atoms with Gasteiger partial charge in [-0.05, 0) is 56.5 Å². The number of carboxylic acids is 2. The maximum absolute atomic E-state index is 12.5. The molecule has 0 radical (unpaired) electrons. The molecule has 1 amide bonds. The maximum atomic E-state index is 12.5. The molecule has 3 N–H and O–H groups in total. The van der Waals surface area contributed by atoms with E-state index in [9.17, 15) is 29.4 Å². The van der Waals surface area contributed by atoms with Crippen LogP contribution in [0.3, 0.4) is 0 Å². The lowest BCUT2D eigenvalue weighted by atomic mass is 9.74. The highest BCUT2D eigenvalue weighted by Gasteiger charge is 2.33. The Hall–Kier alpha value is -2.85. The van der Waals surface area contributed by atoms with Crippen LogP contribution in [0.1, 0.15) is 58.4 Å². The third-order valence-electron chi connectivity index (χ3n) is 6.52. The Morgan fingerprint density at radius 1 is 1.19 bits per heavy atom. The van der Waals surface area contributed by atoms with Crippen LogP contribution in [0.2, 0.25) is 0 Å². The lowest BCUT2D eigenvalue weighted by Crippen LogP contribution is -2.43. The molecule has 0 bridgehead atoms. The monoisotopic (exact) mass is 522 g/mol. The number of carbonyl (C=O) groups excluding carboxylic acids is 2. The van der Waals surface area contributed by atoms with E-state index >= 15 is 0 Å². The molecule has 1 unspecified atom stereocenters. The summed E-state index contributed by atoms with van der Waals surface area (Å²) in [7, 11) is 2.11. The Labute approximate surface area is 219 Å². The fraction of sp³-hybridized carbons (Fsp3) is 0.538. The summed E-state index contributed by atoms with van der Waals surface area (Å²) >= 11 is 0. The van der Waals surface area contributed by atoms with E-state index in [1.165, 1.54) is 0 Å². The number of amides is 1. The van der Waals surface area contributed by atoms with E-state index in [0.717, 1.165) is 50.4 Å². The fourth-order valence-corrected chi connectivity index (χ4v) is 4.52. The molecule has 1 heterocycles. The summed E-state index contributed by atoms with van der Waals surface area (Å²) in [5, 5.41) is 20.9. The van der Waals surface area contributed by atoms with Gasteiger partial charge in [0.1, 0.15) is 11.8 Å². The molecule has 1 aliphatic heterocycles. The lowest BCUT2D eigenvalue weighted by Gasteiger charge is -2.35. The van der Waals surface area contributed by atoms with Crippen molar-refractivity contribution in [3.05, 3.63) is 41.5 Å². The van der Waals surface area contributed by atoms with Gasteiger partial charge in [-0.3, -0.25) is 9.59 Å². The van der Waals surface area contributed by atoms with Gasteiger partial charge < -0.3 is 25.2 Å². The van der Waals surface area contributed by atoms with Gasteiger partial charge >= 0.3 is 17.9 Å². The largest absolute Gasteiger partial charge is 0.480 e. The summed E-state index contributed by atoms with van der Waals surface area (Å²) in [4.78, 5) is 49.9. The second-order valence-corrected chi connectivity index (χ2v) is 9.55. The number of nitrogens with one attached hydrogen (secondary N) is 1. The van der Waals surface area contributed by atoms with Gasteiger partial charge in [0, 0.05) is 18.0 Å². The predicted molar refractivity (Wildman–Crippen MR) is 141 cm³/mol. The van der Waals surface area contributed by atoms with Gasteiger partial charge in [0.05, 0.1) is 12.0 Å². The number of esters is 1. The minimum Gasteiger partial charge on any atom is -0.480 e.